The number of carbonyl (C=O) groups excluding carboxylic acids is 1. The molecular formula is C25H29N4O8P. The van der Waals surface area contributed by atoms with Crippen LogP contribution in [0.2, 0.25) is 0 Å². The average molecular weight is 545 g/mol. The molecule has 1 aliphatic heterocycles. The molecule has 0 radical (unpaired) electrons. The SMILES string of the molecule is C[C@@H](C(=O)OCc1ccccc1)N(c1ccccc1)P(=O)(O)OC[C@@H]1C[C@@H](O)[C@H](n2ccc(N)nc2=O)O1. The second kappa shape index (κ2) is 11.9. The molecule has 0 spiro atoms. The Balaban J connectivity index is 1.46. The topological polar surface area (TPSA) is 166 Å². The quantitative estimate of drug-likeness (QED) is 0.253. The molecule has 1 aromatic heterocycles. The molecule has 1 saturated heterocycles. The van der Waals surface area contributed by atoms with Crippen LogP contribution in [0.1, 0.15) is 25.1 Å². The lowest BCUT2D eigenvalue weighted by Crippen LogP contribution is -2.39. The molecule has 0 aliphatic carbocycles. The molecule has 0 bridgehead atoms. The minimum atomic E-state index is -4.64. The van der Waals surface area contributed by atoms with Gasteiger partial charge in [-0.2, -0.15) is 4.98 Å². The standard InChI is InChI=1S/C25H29N4O8P/c1-17(24(31)35-15-18-8-4-2-5-9-18)29(19-10-6-3-7-11-19)38(33,34)36-16-20-14-21(30)23(37-20)28-13-12-22(26)27-25(28)32/h2-13,17,20-21,23,30H,14-16H2,1H3,(H,33,34)(H2,26,27,32)/t17-,20-,21+,23+/m0/s1. The summed E-state index contributed by atoms with van der Waals surface area (Å²) in [4.78, 5) is 39.6. The van der Waals surface area contributed by atoms with Crippen LogP contribution in [-0.2, 0) is 30.0 Å². The number of aromatic nitrogens is 2. The fourth-order valence-electron chi connectivity index (χ4n) is 4.07. The fraction of sp³-hybridized carbons (Fsp3) is 0.320. The third-order valence-corrected chi connectivity index (χ3v) is 7.55. The van der Waals surface area contributed by atoms with Crippen LogP contribution in [0.3, 0.4) is 0 Å². The van der Waals surface area contributed by atoms with E-state index in [1.165, 1.54) is 19.2 Å². The predicted octanol–water partition coefficient (Wildman–Crippen LogP) is 2.23. The summed E-state index contributed by atoms with van der Waals surface area (Å²) in [6.45, 7) is 1.05. The second-order valence-corrected chi connectivity index (χ2v) is 10.4. The Morgan fingerprint density at radius 2 is 1.87 bits per heavy atom. The number of aliphatic hydroxyl groups is 1. The zero-order chi connectivity index (χ0) is 27.3. The summed E-state index contributed by atoms with van der Waals surface area (Å²) < 4.78 is 32.1. The van der Waals surface area contributed by atoms with Gasteiger partial charge < -0.3 is 25.2 Å². The van der Waals surface area contributed by atoms with Gasteiger partial charge >= 0.3 is 19.4 Å². The van der Waals surface area contributed by atoms with E-state index in [2.05, 4.69) is 4.98 Å². The van der Waals surface area contributed by atoms with Crippen LogP contribution in [0.4, 0.5) is 11.5 Å². The predicted molar refractivity (Wildman–Crippen MR) is 138 cm³/mol. The molecule has 12 nitrogen and oxygen atoms in total. The Labute approximate surface area is 218 Å². The highest BCUT2D eigenvalue weighted by Crippen LogP contribution is 2.51. The molecule has 0 saturated carbocycles. The van der Waals surface area contributed by atoms with E-state index in [0.717, 1.165) is 14.8 Å². The van der Waals surface area contributed by atoms with E-state index in [1.807, 2.05) is 18.2 Å². The molecule has 38 heavy (non-hydrogen) atoms. The number of nitrogens with zero attached hydrogens (tertiary/aromatic N) is 3. The number of hydrogen-bond donors (Lipinski definition) is 3. The fourth-order valence-corrected chi connectivity index (χ4v) is 5.51. The summed E-state index contributed by atoms with van der Waals surface area (Å²) in [5, 5.41) is 10.4. The molecule has 1 aliphatic rings. The third kappa shape index (κ3) is 6.47. The number of nitrogens with two attached hydrogens (primary N) is 1. The minimum absolute atomic E-state index is 0.00220. The molecule has 0 amide bonds. The van der Waals surface area contributed by atoms with Gasteiger partial charge in [0.25, 0.3) is 0 Å². The van der Waals surface area contributed by atoms with E-state index in [4.69, 9.17) is 19.7 Å². The second-order valence-electron chi connectivity index (χ2n) is 8.73. The van der Waals surface area contributed by atoms with E-state index < -0.39 is 50.5 Å². The van der Waals surface area contributed by atoms with Crippen molar-refractivity contribution in [3.63, 3.8) is 0 Å². The highest BCUT2D eigenvalue weighted by Gasteiger charge is 2.41. The van der Waals surface area contributed by atoms with Crippen molar-refractivity contribution in [3.05, 3.63) is 89.0 Å². The maximum absolute atomic E-state index is 13.5. The van der Waals surface area contributed by atoms with E-state index in [-0.39, 0.29) is 24.5 Å². The first-order valence-corrected chi connectivity index (χ1v) is 13.4. The van der Waals surface area contributed by atoms with Crippen molar-refractivity contribution in [2.75, 3.05) is 17.0 Å². The van der Waals surface area contributed by atoms with E-state index in [0.29, 0.717) is 0 Å². The lowest BCUT2D eigenvalue weighted by molar-refractivity contribution is -0.146. The van der Waals surface area contributed by atoms with Gasteiger partial charge in [0.15, 0.2) is 6.23 Å². The van der Waals surface area contributed by atoms with Crippen molar-refractivity contribution in [1.29, 1.82) is 0 Å². The van der Waals surface area contributed by atoms with Crippen molar-refractivity contribution in [1.82, 2.24) is 9.55 Å². The van der Waals surface area contributed by atoms with E-state index in [9.17, 15) is 24.2 Å². The highest BCUT2D eigenvalue weighted by atomic mass is 31.2. The van der Waals surface area contributed by atoms with Gasteiger partial charge in [0.1, 0.15) is 24.6 Å². The van der Waals surface area contributed by atoms with Crippen LogP contribution in [-0.4, -0.2) is 50.4 Å². The van der Waals surface area contributed by atoms with E-state index in [1.54, 1.807) is 42.5 Å². The van der Waals surface area contributed by atoms with Gasteiger partial charge in [0, 0.05) is 18.3 Å². The first-order valence-electron chi connectivity index (χ1n) is 11.9. The number of nitrogen functional groups attached to an aromatic ring is 1. The molecule has 4 rings (SSSR count). The molecule has 5 atom stereocenters. The summed E-state index contributed by atoms with van der Waals surface area (Å²) in [6.07, 6.45) is -1.61. The molecule has 202 valence electrons. The monoisotopic (exact) mass is 544 g/mol. The summed E-state index contributed by atoms with van der Waals surface area (Å²) >= 11 is 0. The van der Waals surface area contributed by atoms with Gasteiger partial charge in [-0.3, -0.25) is 13.8 Å². The number of benzene rings is 2. The van der Waals surface area contributed by atoms with Crippen LogP contribution < -0.4 is 16.1 Å². The minimum Gasteiger partial charge on any atom is -0.459 e. The molecule has 4 N–H and O–H groups in total. The lowest BCUT2D eigenvalue weighted by atomic mass is 10.2. The van der Waals surface area contributed by atoms with Gasteiger partial charge in [0.2, 0.25) is 0 Å². The Morgan fingerprint density at radius 1 is 1.21 bits per heavy atom. The van der Waals surface area contributed by atoms with Crippen LogP contribution in [0.5, 0.6) is 0 Å². The van der Waals surface area contributed by atoms with Crippen LogP contribution in [0, 0.1) is 0 Å². The number of rotatable bonds is 10. The van der Waals surface area contributed by atoms with Gasteiger partial charge in [-0.15, -0.1) is 0 Å². The van der Waals surface area contributed by atoms with Crippen molar-refractivity contribution in [2.24, 2.45) is 0 Å². The third-order valence-electron chi connectivity index (χ3n) is 5.94. The zero-order valence-corrected chi connectivity index (χ0v) is 21.5. The lowest BCUT2D eigenvalue weighted by Gasteiger charge is -2.32. The zero-order valence-electron chi connectivity index (χ0n) is 20.6. The summed E-state index contributed by atoms with van der Waals surface area (Å²) in [5.74, 6) is -0.698. The Kier molecular flexibility index (Phi) is 8.60. The van der Waals surface area contributed by atoms with Crippen LogP contribution >= 0.6 is 7.75 Å². The Hall–Kier alpha value is -3.54. The van der Waals surface area contributed by atoms with Crippen molar-refractivity contribution >= 4 is 25.2 Å². The number of anilines is 2. The summed E-state index contributed by atoms with van der Waals surface area (Å²) in [7, 11) is -4.64. The number of esters is 1. The highest BCUT2D eigenvalue weighted by molar-refractivity contribution is 7.54. The first kappa shape index (κ1) is 27.5. The Bertz CT molecular complexity index is 1340. The van der Waals surface area contributed by atoms with Crippen molar-refractivity contribution in [3.8, 4) is 0 Å². The number of ether oxygens (including phenoxy) is 2. The maximum atomic E-state index is 13.5. The number of para-hydroxylation sites is 1. The van der Waals surface area contributed by atoms with Gasteiger partial charge in [-0.25, -0.2) is 14.2 Å². The average Bonchev–Trinajstić information content (AvgIpc) is 3.27. The van der Waals surface area contributed by atoms with Crippen molar-refractivity contribution in [2.45, 2.75) is 44.4 Å². The number of carbonyl (C=O) groups is 1. The molecule has 1 fully saturated rings. The molecule has 13 heteroatoms. The van der Waals surface area contributed by atoms with Gasteiger partial charge in [-0.1, -0.05) is 48.5 Å². The number of aliphatic hydroxyl groups excluding tert-OH is 1. The normalized spacial score (nSPS) is 21.4. The Morgan fingerprint density at radius 3 is 2.53 bits per heavy atom. The van der Waals surface area contributed by atoms with Crippen LogP contribution in [0.15, 0.2) is 77.7 Å². The molecule has 1 unspecified atom stereocenters. The van der Waals surface area contributed by atoms with E-state index >= 15 is 0 Å². The summed E-state index contributed by atoms with van der Waals surface area (Å²) in [6, 6.07) is 17.4. The smallest absolute Gasteiger partial charge is 0.433 e. The molecular weight excluding hydrogens is 515 g/mol. The summed E-state index contributed by atoms with van der Waals surface area (Å²) in [5.41, 5.74) is 5.84. The largest absolute Gasteiger partial charge is 0.459 e. The number of hydrogen-bond acceptors (Lipinski definition) is 9. The molecule has 2 aromatic carbocycles. The van der Waals surface area contributed by atoms with Crippen LogP contribution in [0.25, 0.3) is 0 Å². The first-order chi connectivity index (χ1) is 18.2. The van der Waals surface area contributed by atoms with Gasteiger partial charge in [-0.05, 0) is 30.7 Å². The molecule has 2 heterocycles. The van der Waals surface area contributed by atoms with Gasteiger partial charge in [0.05, 0.1) is 12.7 Å². The molecule has 3 aromatic rings. The van der Waals surface area contributed by atoms with Crippen molar-refractivity contribution < 1.29 is 33.4 Å². The maximum Gasteiger partial charge on any atom is 0.433 e.